The number of likely N-dealkylation sites (tertiary alicyclic amines) is 1. The van der Waals surface area contributed by atoms with Gasteiger partial charge in [-0.3, -0.25) is 14.5 Å². The van der Waals surface area contributed by atoms with E-state index in [0.29, 0.717) is 32.5 Å². The molecule has 2 N–H and O–H groups in total. The number of ether oxygens (including phenoxy) is 1. The fourth-order valence-electron chi connectivity index (χ4n) is 3.20. The maximum absolute atomic E-state index is 12.2. The van der Waals surface area contributed by atoms with Crippen LogP contribution >= 0.6 is 0 Å². The van der Waals surface area contributed by atoms with Gasteiger partial charge in [0.15, 0.2) is 0 Å². The van der Waals surface area contributed by atoms with Gasteiger partial charge in [-0.25, -0.2) is 0 Å². The minimum absolute atomic E-state index is 0.0771. The topological polar surface area (TPSA) is 78.9 Å². The average Bonchev–Trinajstić information content (AvgIpc) is 2.59. The number of hydrogen-bond donors (Lipinski definition) is 2. The number of aliphatic carboxylic acids is 1. The number of hydrogen-bond acceptors (Lipinski definition) is 4. The van der Waals surface area contributed by atoms with Gasteiger partial charge in [0.2, 0.25) is 5.91 Å². The standard InChI is InChI=1S/C18H26N2O4/c1-24-11-9-18(17(22)23)8-5-10-20(14-18)13-16(21)19-12-15-6-3-2-4-7-15/h2-4,6-7H,5,8-14H2,1H3,(H,19,21)(H,22,23)/t18-/m0/s1. The maximum atomic E-state index is 12.2. The second-order valence-electron chi connectivity index (χ2n) is 6.40. The monoisotopic (exact) mass is 334 g/mol. The van der Waals surface area contributed by atoms with Crippen molar-refractivity contribution >= 4 is 11.9 Å². The van der Waals surface area contributed by atoms with Crippen LogP contribution < -0.4 is 5.32 Å². The molecule has 6 nitrogen and oxygen atoms in total. The van der Waals surface area contributed by atoms with Crippen LogP contribution in [0.4, 0.5) is 0 Å². The van der Waals surface area contributed by atoms with E-state index in [1.54, 1.807) is 7.11 Å². The number of carbonyl (C=O) groups excluding carboxylic acids is 1. The van der Waals surface area contributed by atoms with Crippen molar-refractivity contribution in [3.63, 3.8) is 0 Å². The molecule has 0 aromatic heterocycles. The van der Waals surface area contributed by atoms with Crippen LogP contribution in [0.15, 0.2) is 30.3 Å². The third kappa shape index (κ3) is 5.04. The Morgan fingerprint density at radius 2 is 2.08 bits per heavy atom. The zero-order chi connectivity index (χ0) is 17.4. The number of rotatable bonds is 8. The molecule has 1 atom stereocenters. The van der Waals surface area contributed by atoms with Crippen LogP contribution in [0.3, 0.4) is 0 Å². The van der Waals surface area contributed by atoms with Gasteiger partial charge in [0.1, 0.15) is 0 Å². The number of carbonyl (C=O) groups is 2. The van der Waals surface area contributed by atoms with Crippen molar-refractivity contribution in [1.29, 1.82) is 0 Å². The molecule has 1 fully saturated rings. The van der Waals surface area contributed by atoms with E-state index in [0.717, 1.165) is 18.5 Å². The molecule has 1 heterocycles. The van der Waals surface area contributed by atoms with E-state index >= 15 is 0 Å². The zero-order valence-corrected chi connectivity index (χ0v) is 14.2. The van der Waals surface area contributed by atoms with E-state index in [1.165, 1.54) is 0 Å². The van der Waals surface area contributed by atoms with Gasteiger partial charge >= 0.3 is 5.97 Å². The summed E-state index contributed by atoms with van der Waals surface area (Å²) in [6, 6.07) is 9.72. The van der Waals surface area contributed by atoms with Crippen LogP contribution in [0.5, 0.6) is 0 Å². The van der Waals surface area contributed by atoms with Crippen LogP contribution in [0.25, 0.3) is 0 Å². The van der Waals surface area contributed by atoms with Gasteiger partial charge in [0.25, 0.3) is 0 Å². The third-order valence-electron chi connectivity index (χ3n) is 4.59. The van der Waals surface area contributed by atoms with Gasteiger partial charge in [0, 0.05) is 26.8 Å². The molecule has 2 rings (SSSR count). The molecule has 0 saturated carbocycles. The smallest absolute Gasteiger partial charge is 0.311 e. The lowest BCUT2D eigenvalue weighted by molar-refractivity contribution is -0.154. The first-order valence-corrected chi connectivity index (χ1v) is 8.31. The fourth-order valence-corrected chi connectivity index (χ4v) is 3.20. The Bertz CT molecular complexity index is 549. The van der Waals surface area contributed by atoms with Crippen LogP contribution in [-0.4, -0.2) is 55.2 Å². The first-order chi connectivity index (χ1) is 11.6. The number of methoxy groups -OCH3 is 1. The highest BCUT2D eigenvalue weighted by Crippen LogP contribution is 2.33. The molecule has 0 aliphatic carbocycles. The van der Waals surface area contributed by atoms with Crippen molar-refractivity contribution in [3.05, 3.63) is 35.9 Å². The molecule has 6 heteroatoms. The number of nitrogens with zero attached hydrogens (tertiary/aromatic N) is 1. The summed E-state index contributed by atoms with van der Waals surface area (Å²) in [5.74, 6) is -0.874. The highest BCUT2D eigenvalue weighted by Gasteiger charge is 2.42. The molecule has 1 aliphatic heterocycles. The minimum atomic E-state index is -0.812. The van der Waals surface area contributed by atoms with Gasteiger partial charge in [-0.05, 0) is 31.4 Å². The summed E-state index contributed by atoms with van der Waals surface area (Å²) >= 11 is 0. The molecule has 24 heavy (non-hydrogen) atoms. The van der Waals surface area contributed by atoms with Gasteiger partial charge in [-0.1, -0.05) is 30.3 Å². The van der Waals surface area contributed by atoms with Crippen molar-refractivity contribution in [2.45, 2.75) is 25.8 Å². The maximum Gasteiger partial charge on any atom is 0.311 e. The lowest BCUT2D eigenvalue weighted by Gasteiger charge is -2.39. The molecule has 1 amide bonds. The summed E-state index contributed by atoms with van der Waals surface area (Å²) < 4.78 is 5.06. The van der Waals surface area contributed by atoms with Gasteiger partial charge in [0.05, 0.1) is 12.0 Å². The second kappa shape index (κ2) is 8.80. The van der Waals surface area contributed by atoms with E-state index < -0.39 is 11.4 Å². The molecule has 1 aliphatic rings. The van der Waals surface area contributed by atoms with Crippen LogP contribution in [0, 0.1) is 5.41 Å². The summed E-state index contributed by atoms with van der Waals surface area (Å²) in [6.07, 6.45) is 1.89. The number of amides is 1. The van der Waals surface area contributed by atoms with Crippen LogP contribution in [0.1, 0.15) is 24.8 Å². The SMILES string of the molecule is COCC[C@@]1(C(=O)O)CCCN(CC(=O)NCc2ccccc2)C1. The van der Waals surface area contributed by atoms with E-state index in [2.05, 4.69) is 5.32 Å². The van der Waals surface area contributed by atoms with E-state index in [4.69, 9.17) is 4.74 Å². The summed E-state index contributed by atoms with van der Waals surface area (Å²) in [5.41, 5.74) is 0.234. The Hall–Kier alpha value is -1.92. The molecule has 1 saturated heterocycles. The summed E-state index contributed by atoms with van der Waals surface area (Å²) in [4.78, 5) is 25.8. The van der Waals surface area contributed by atoms with Crippen molar-refractivity contribution in [1.82, 2.24) is 10.2 Å². The molecule has 0 radical (unpaired) electrons. The van der Waals surface area contributed by atoms with Crippen molar-refractivity contribution in [3.8, 4) is 0 Å². The lowest BCUT2D eigenvalue weighted by atomic mass is 9.77. The Morgan fingerprint density at radius 3 is 2.75 bits per heavy atom. The van der Waals surface area contributed by atoms with E-state index in [9.17, 15) is 14.7 Å². The Labute approximate surface area is 142 Å². The van der Waals surface area contributed by atoms with Crippen LogP contribution in [0.2, 0.25) is 0 Å². The van der Waals surface area contributed by atoms with Gasteiger partial charge in [-0.2, -0.15) is 0 Å². The third-order valence-corrected chi connectivity index (χ3v) is 4.59. The van der Waals surface area contributed by atoms with E-state index in [-0.39, 0.29) is 12.5 Å². The van der Waals surface area contributed by atoms with Gasteiger partial charge in [-0.15, -0.1) is 0 Å². The average molecular weight is 334 g/mol. The quantitative estimate of drug-likeness (QED) is 0.753. The number of carboxylic acid groups (broad SMARTS) is 1. The van der Waals surface area contributed by atoms with Gasteiger partial charge < -0.3 is 15.2 Å². The van der Waals surface area contributed by atoms with Crippen molar-refractivity contribution in [2.24, 2.45) is 5.41 Å². The molecule has 0 bridgehead atoms. The number of piperidine rings is 1. The number of benzene rings is 1. The summed E-state index contributed by atoms with van der Waals surface area (Å²) in [6.45, 7) is 2.28. The first-order valence-electron chi connectivity index (χ1n) is 8.31. The predicted octanol–water partition coefficient (Wildman–Crippen LogP) is 1.51. The summed E-state index contributed by atoms with van der Waals surface area (Å²) in [7, 11) is 1.58. The predicted molar refractivity (Wildman–Crippen MR) is 90.5 cm³/mol. The molecule has 1 aromatic carbocycles. The fraction of sp³-hybridized carbons (Fsp3) is 0.556. The normalized spacial score (nSPS) is 21.4. The minimum Gasteiger partial charge on any atom is -0.481 e. The largest absolute Gasteiger partial charge is 0.481 e. The molecular weight excluding hydrogens is 308 g/mol. The van der Waals surface area contributed by atoms with Crippen molar-refractivity contribution in [2.75, 3.05) is 33.4 Å². The Kier molecular flexibility index (Phi) is 6.75. The highest BCUT2D eigenvalue weighted by molar-refractivity contribution is 5.78. The summed E-state index contributed by atoms with van der Waals surface area (Å²) in [5, 5.41) is 12.5. The molecule has 132 valence electrons. The molecule has 0 unspecified atom stereocenters. The highest BCUT2D eigenvalue weighted by atomic mass is 16.5. The van der Waals surface area contributed by atoms with E-state index in [1.807, 2.05) is 35.2 Å². The first kappa shape index (κ1) is 18.4. The zero-order valence-electron chi connectivity index (χ0n) is 14.2. The number of nitrogens with one attached hydrogen (secondary N) is 1. The number of carboxylic acids is 1. The van der Waals surface area contributed by atoms with Crippen LogP contribution in [-0.2, 0) is 20.9 Å². The Balaban J connectivity index is 1.87. The lowest BCUT2D eigenvalue weighted by Crippen LogP contribution is -2.50. The second-order valence-corrected chi connectivity index (χ2v) is 6.40. The molecule has 0 spiro atoms. The molecular formula is C18H26N2O4. The van der Waals surface area contributed by atoms with Crippen molar-refractivity contribution < 1.29 is 19.4 Å². The Morgan fingerprint density at radius 1 is 1.33 bits per heavy atom. The molecule has 1 aromatic rings.